The number of carbonyl (C=O) groups excluding carboxylic acids is 3. The van der Waals surface area contributed by atoms with Gasteiger partial charge in [0.1, 0.15) is 25.4 Å². The summed E-state index contributed by atoms with van der Waals surface area (Å²) in [6.07, 6.45) is 117. The zero-order valence-electron chi connectivity index (χ0n) is 73.8. The molecule has 0 amide bonds. The van der Waals surface area contributed by atoms with Gasteiger partial charge in [0.25, 0.3) is 0 Å². The number of allylic oxidation sites excluding steroid dienone is 28. The second kappa shape index (κ2) is 90.2. The molecule has 0 rings (SSSR count). The van der Waals surface area contributed by atoms with Crippen LogP contribution in [-0.2, 0) is 55.8 Å². The van der Waals surface area contributed by atoms with Crippen molar-refractivity contribution in [2.45, 2.75) is 399 Å². The quantitative estimate of drug-likeness (QED) is 0.0146. The van der Waals surface area contributed by atoms with Crippen LogP contribution in [0.5, 0.6) is 0 Å². The molecule has 16 nitrogen and oxygen atoms in total. The van der Waals surface area contributed by atoms with E-state index in [2.05, 4.69) is 191 Å². The highest BCUT2D eigenvalue weighted by Crippen LogP contribution is 2.45. The summed E-state index contributed by atoms with van der Waals surface area (Å²) in [4.78, 5) is 59.1. The molecule has 18 heteroatoms. The highest BCUT2D eigenvalue weighted by Gasteiger charge is 2.29. The van der Waals surface area contributed by atoms with Gasteiger partial charge < -0.3 is 34.2 Å². The van der Waals surface area contributed by atoms with Crippen LogP contribution in [0.15, 0.2) is 170 Å². The number of aliphatic hydroxyl groups is 2. The molecule has 0 aromatic rings. The third kappa shape index (κ3) is 91.5. The number of ether oxygens (including phenoxy) is 3. The molecule has 5 atom stereocenters. The fourth-order valence-corrected chi connectivity index (χ4v) is 14.0. The first-order valence-corrected chi connectivity index (χ1v) is 49.4. The van der Waals surface area contributed by atoms with E-state index in [0.717, 1.165) is 173 Å². The molecule has 0 aromatic carbocycles. The molecule has 0 aliphatic carbocycles. The van der Waals surface area contributed by atoms with E-state index in [4.69, 9.17) is 32.3 Å². The summed E-state index contributed by atoms with van der Waals surface area (Å²) < 4.78 is 61.5. The summed E-state index contributed by atoms with van der Waals surface area (Å²) in [5, 5.41) is 20.7. The smallest absolute Gasteiger partial charge is 0.463 e. The molecular formula is C99H168O16P2. The summed E-state index contributed by atoms with van der Waals surface area (Å²) in [5.74, 6) is -1.58. The molecule has 0 fully saturated rings. The van der Waals surface area contributed by atoms with Gasteiger partial charge in [0.05, 0.1) is 26.4 Å². The molecule has 0 radical (unpaired) electrons. The van der Waals surface area contributed by atoms with E-state index in [0.29, 0.717) is 19.3 Å². The average Bonchev–Trinajstić information content (AvgIpc) is 0.900. The monoisotopic (exact) mass is 1680 g/mol. The first-order valence-electron chi connectivity index (χ1n) is 46.4. The van der Waals surface area contributed by atoms with Crippen LogP contribution in [0, 0.1) is 0 Å². The van der Waals surface area contributed by atoms with E-state index < -0.39 is 91.5 Å². The highest BCUT2D eigenvalue weighted by atomic mass is 31.2. The first-order chi connectivity index (χ1) is 57.2. The van der Waals surface area contributed by atoms with Crippen LogP contribution >= 0.6 is 15.6 Å². The second-order valence-electron chi connectivity index (χ2n) is 30.7. The van der Waals surface area contributed by atoms with Gasteiger partial charge in [0, 0.05) is 19.3 Å². The summed E-state index contributed by atoms with van der Waals surface area (Å²) in [7, 11) is -9.82. The average molecular weight is 1680 g/mol. The van der Waals surface area contributed by atoms with E-state index in [1.807, 2.05) is 0 Å². The SMILES string of the molecule is CC/C=C\C/C=C\C/C=C\C/C=C\C/C=C\C/C=C\CCCCCCCCCCC(=O)OCC(O)COP(=O)(O)OCC(O)COP(=O)(O)OCC(COC(=O)CCCCCCCCCCCCC/C=C\C/C=C\C/C=C\C/C=C\CCCCC)OC(=O)CCCCCCCCCCCCC/C=C\C/C=C\C/C=C\C/C=C\CCCCC. The number of hydrogen-bond acceptors (Lipinski definition) is 14. The van der Waals surface area contributed by atoms with Crippen molar-refractivity contribution in [3.63, 3.8) is 0 Å². The summed E-state index contributed by atoms with van der Waals surface area (Å²) in [5.41, 5.74) is 0. The molecule has 4 N–H and O–H groups in total. The molecule has 0 bridgehead atoms. The van der Waals surface area contributed by atoms with E-state index in [1.54, 1.807) is 0 Å². The molecule has 0 saturated heterocycles. The lowest BCUT2D eigenvalue weighted by molar-refractivity contribution is -0.161. The zero-order valence-corrected chi connectivity index (χ0v) is 75.6. The standard InChI is InChI=1S/C99H168O16P2/c1-4-7-10-13-16-19-22-25-28-31-34-37-40-43-46-49-52-55-58-61-64-67-70-73-76-79-82-85-97(102)109-88-94(100)89-111-116(105,106)112-90-95(101)91-113-117(107,108)114-93-96(115-99(104)87-84-81-78-75-72-69-66-63-60-57-54-51-48-45-42-39-36-33-30-27-24-21-18-15-12-9-6-3)92-110-98(103)86-83-80-77-74-71-68-65-62-59-56-53-50-47-44-41-38-35-32-29-26-23-20-17-14-11-8-5-2/h7,10,16-21,25-30,34-39,43-48,52,55,94-96,100-101H,4-6,8-9,11-15,22-24,31-33,40-42,49-51,53-54,56-93H2,1-3H3,(H,105,106)(H,107,108)/b10-7-,19-16-,20-17-,21-18-,28-25-,29-26-,30-27-,37-34-,38-35-,39-36-,46-43-,47-44-,48-45-,55-52-. The van der Waals surface area contributed by atoms with Crippen molar-refractivity contribution in [1.29, 1.82) is 0 Å². The van der Waals surface area contributed by atoms with Crippen LogP contribution < -0.4 is 0 Å². The van der Waals surface area contributed by atoms with Crippen molar-refractivity contribution < 1.29 is 75.8 Å². The number of aliphatic hydroxyl groups excluding tert-OH is 2. The number of carbonyl (C=O) groups is 3. The molecule has 0 aliphatic rings. The lowest BCUT2D eigenvalue weighted by Gasteiger charge is -2.21. The van der Waals surface area contributed by atoms with Gasteiger partial charge in [-0.05, 0) is 161 Å². The Morgan fingerprint density at radius 1 is 0.248 bits per heavy atom. The normalized spacial score (nSPS) is 14.6. The van der Waals surface area contributed by atoms with Crippen LogP contribution in [0.4, 0.5) is 0 Å². The second-order valence-corrected chi connectivity index (χ2v) is 33.6. The predicted octanol–water partition coefficient (Wildman–Crippen LogP) is 28.7. The molecule has 5 unspecified atom stereocenters. The highest BCUT2D eigenvalue weighted by molar-refractivity contribution is 7.47. The Morgan fingerprint density at radius 3 is 0.718 bits per heavy atom. The Hall–Kier alpha value is -5.09. The Morgan fingerprint density at radius 2 is 0.453 bits per heavy atom. The van der Waals surface area contributed by atoms with Gasteiger partial charge in [-0.2, -0.15) is 0 Å². The lowest BCUT2D eigenvalue weighted by Crippen LogP contribution is -2.30. The molecule has 0 aromatic heterocycles. The maximum absolute atomic E-state index is 13.1. The Kier molecular flexibility index (Phi) is 86.2. The fourth-order valence-electron chi connectivity index (χ4n) is 12.4. The molecule has 0 heterocycles. The Bertz CT molecular complexity index is 2810. The number of rotatable bonds is 87. The van der Waals surface area contributed by atoms with Crippen molar-refractivity contribution in [3.8, 4) is 0 Å². The summed E-state index contributed by atoms with van der Waals surface area (Å²) >= 11 is 0. The van der Waals surface area contributed by atoms with Crippen LogP contribution in [0.25, 0.3) is 0 Å². The number of phosphoric acid groups is 2. The topological polar surface area (TPSA) is 231 Å². The molecule has 117 heavy (non-hydrogen) atoms. The largest absolute Gasteiger partial charge is 0.472 e. The van der Waals surface area contributed by atoms with Gasteiger partial charge in [0.15, 0.2) is 6.10 Å². The van der Waals surface area contributed by atoms with Gasteiger partial charge >= 0.3 is 33.6 Å². The van der Waals surface area contributed by atoms with Crippen molar-refractivity contribution in [3.05, 3.63) is 170 Å². The third-order valence-corrected chi connectivity index (χ3v) is 21.3. The molecule has 670 valence electrons. The van der Waals surface area contributed by atoms with Gasteiger partial charge in [-0.25, -0.2) is 9.13 Å². The first kappa shape index (κ1) is 112. The van der Waals surface area contributed by atoms with Crippen LogP contribution in [0.1, 0.15) is 380 Å². The van der Waals surface area contributed by atoms with Gasteiger partial charge in [-0.3, -0.25) is 32.5 Å². The number of hydrogen-bond donors (Lipinski definition) is 4. The zero-order chi connectivity index (χ0) is 85.1. The Labute approximate surface area is 713 Å². The Balaban J connectivity index is 4.70. The number of unbranched alkanes of at least 4 members (excludes halogenated alkanes) is 36. The minimum Gasteiger partial charge on any atom is -0.463 e. The maximum atomic E-state index is 13.1. The van der Waals surface area contributed by atoms with Gasteiger partial charge in [-0.15, -0.1) is 0 Å². The van der Waals surface area contributed by atoms with Crippen LogP contribution in [-0.4, -0.2) is 95.9 Å². The molecule has 0 saturated carbocycles. The lowest BCUT2D eigenvalue weighted by atomic mass is 10.0. The minimum absolute atomic E-state index is 0.0957. The number of esters is 3. The fraction of sp³-hybridized carbons (Fsp3) is 0.687. The van der Waals surface area contributed by atoms with Crippen molar-refractivity contribution in [2.75, 3.05) is 39.6 Å². The molecular weight excluding hydrogens is 1510 g/mol. The van der Waals surface area contributed by atoms with Crippen molar-refractivity contribution in [2.24, 2.45) is 0 Å². The van der Waals surface area contributed by atoms with E-state index in [1.165, 1.54) is 148 Å². The van der Waals surface area contributed by atoms with E-state index in [9.17, 15) is 43.5 Å². The van der Waals surface area contributed by atoms with E-state index >= 15 is 0 Å². The van der Waals surface area contributed by atoms with Gasteiger partial charge in [0.2, 0.25) is 0 Å². The minimum atomic E-state index is -4.95. The summed E-state index contributed by atoms with van der Waals surface area (Å²) in [6.45, 7) is 2.54. The molecule has 0 aliphatic heterocycles. The van der Waals surface area contributed by atoms with Crippen LogP contribution in [0.2, 0.25) is 0 Å². The predicted molar refractivity (Wildman–Crippen MR) is 491 cm³/mol. The molecule has 0 spiro atoms. The van der Waals surface area contributed by atoms with Gasteiger partial charge in [-0.1, -0.05) is 371 Å². The van der Waals surface area contributed by atoms with Crippen LogP contribution in [0.3, 0.4) is 0 Å². The van der Waals surface area contributed by atoms with E-state index in [-0.39, 0.29) is 19.3 Å². The summed E-state index contributed by atoms with van der Waals surface area (Å²) in [6, 6.07) is 0. The third-order valence-electron chi connectivity index (χ3n) is 19.4. The number of phosphoric ester groups is 2. The van der Waals surface area contributed by atoms with Crippen molar-refractivity contribution >= 4 is 33.6 Å². The maximum Gasteiger partial charge on any atom is 0.472 e. The van der Waals surface area contributed by atoms with Crippen molar-refractivity contribution in [1.82, 2.24) is 0 Å².